The number of carbonyl (C=O) groups is 1. The molecule has 0 aliphatic carbocycles. The van der Waals surface area contributed by atoms with E-state index < -0.39 is 24.2 Å². The molecule has 0 bridgehead atoms. The molecule has 8 nitrogen and oxygen atoms in total. The highest BCUT2D eigenvalue weighted by atomic mass is 32.1. The van der Waals surface area contributed by atoms with E-state index in [4.69, 9.17) is 0 Å². The van der Waals surface area contributed by atoms with E-state index in [0.717, 1.165) is 32.4 Å². The Hall–Kier alpha value is -2.87. The molecule has 0 aromatic carbocycles. The molecule has 0 saturated carbocycles. The van der Waals surface area contributed by atoms with Crippen LogP contribution in [0.3, 0.4) is 0 Å². The molecule has 1 saturated heterocycles. The lowest BCUT2D eigenvalue weighted by molar-refractivity contribution is -0.110. The van der Waals surface area contributed by atoms with E-state index in [1.54, 1.807) is 11.6 Å². The van der Waals surface area contributed by atoms with Gasteiger partial charge in [-0.15, -0.1) is 11.3 Å². The summed E-state index contributed by atoms with van der Waals surface area (Å²) < 4.78 is 58.6. The van der Waals surface area contributed by atoms with Crippen molar-refractivity contribution < 1.29 is 26.7 Å². The number of hydrogen-bond acceptors (Lipinski definition) is 7. The molecular formula is C20H24F5N7OS. The maximum Gasteiger partial charge on any atom is 0.386 e. The van der Waals surface area contributed by atoms with Crippen molar-refractivity contribution in [1.82, 2.24) is 25.1 Å². The lowest BCUT2D eigenvalue weighted by Crippen LogP contribution is -2.31. The zero-order valence-corrected chi connectivity index (χ0v) is 19.2. The number of rotatable bonds is 5. The minimum atomic E-state index is -4.00. The van der Waals surface area contributed by atoms with E-state index >= 15 is 0 Å². The molecule has 0 radical (unpaired) electrons. The highest BCUT2D eigenvalue weighted by Gasteiger charge is 2.22. The molecule has 3 N–H and O–H groups in total. The number of amides is 1. The lowest BCUT2D eigenvalue weighted by atomic mass is 10.1. The first-order valence-electron chi connectivity index (χ1n) is 10.4. The number of nitrogens with one attached hydrogen (secondary N) is 3. The molecule has 1 amide bonds. The molecule has 1 aliphatic heterocycles. The van der Waals surface area contributed by atoms with Crippen molar-refractivity contribution in [3.63, 3.8) is 0 Å². The summed E-state index contributed by atoms with van der Waals surface area (Å²) in [5.74, 6) is 0.0713. The molecule has 4 rings (SSSR count). The van der Waals surface area contributed by atoms with E-state index in [1.165, 1.54) is 29.3 Å². The second-order valence-corrected chi connectivity index (χ2v) is 8.60. The maximum absolute atomic E-state index is 13.1. The first-order chi connectivity index (χ1) is 16.0. The van der Waals surface area contributed by atoms with Crippen molar-refractivity contribution in [1.29, 1.82) is 0 Å². The van der Waals surface area contributed by atoms with Gasteiger partial charge in [0.2, 0.25) is 0 Å². The molecule has 4 heterocycles. The normalized spacial score (nSPS) is 16.6. The van der Waals surface area contributed by atoms with Gasteiger partial charge in [0.1, 0.15) is 16.2 Å². The number of carbonyl (C=O) groups excluding carboxylic acids is 1. The van der Waals surface area contributed by atoms with Crippen LogP contribution in [0.4, 0.5) is 33.5 Å². The molecule has 1 unspecified atom stereocenters. The first kappa shape index (κ1) is 25.7. The van der Waals surface area contributed by atoms with Gasteiger partial charge in [-0.25, -0.2) is 18.7 Å². The second kappa shape index (κ2) is 11.0. The smallest absolute Gasteiger partial charge is 0.365 e. The summed E-state index contributed by atoms with van der Waals surface area (Å²) in [7, 11) is 1.52. The Morgan fingerprint density at radius 1 is 1.32 bits per heavy atom. The number of anilines is 2. The van der Waals surface area contributed by atoms with Crippen molar-refractivity contribution in [2.24, 2.45) is 7.05 Å². The van der Waals surface area contributed by atoms with Crippen LogP contribution in [0.2, 0.25) is 0 Å². The monoisotopic (exact) mass is 505 g/mol. The molecule has 186 valence electrons. The maximum atomic E-state index is 13.1. The summed E-state index contributed by atoms with van der Waals surface area (Å²) in [6.07, 6.45) is -0.472. The molecule has 3 aromatic rings. The Labute approximate surface area is 196 Å². The van der Waals surface area contributed by atoms with Crippen LogP contribution in [0, 0.1) is 0 Å². The van der Waals surface area contributed by atoms with Gasteiger partial charge in [-0.05, 0) is 19.4 Å². The number of fused-ring (bicyclic) bond motifs is 1. The largest absolute Gasteiger partial charge is 0.386 e. The van der Waals surface area contributed by atoms with Crippen molar-refractivity contribution in [3.05, 3.63) is 29.0 Å². The molecule has 1 fully saturated rings. The summed E-state index contributed by atoms with van der Waals surface area (Å²) in [4.78, 5) is 22.3. The van der Waals surface area contributed by atoms with E-state index in [9.17, 15) is 26.7 Å². The third kappa shape index (κ3) is 7.32. The molecular weight excluding hydrogens is 481 g/mol. The zero-order valence-electron chi connectivity index (χ0n) is 18.4. The zero-order chi connectivity index (χ0) is 24.9. The molecule has 1 aliphatic rings. The van der Waals surface area contributed by atoms with Crippen LogP contribution in [0.5, 0.6) is 0 Å². The second-order valence-electron chi connectivity index (χ2n) is 7.74. The van der Waals surface area contributed by atoms with E-state index in [-0.39, 0.29) is 18.7 Å². The van der Waals surface area contributed by atoms with Gasteiger partial charge < -0.3 is 16.0 Å². The average Bonchev–Trinajstić information content (AvgIpc) is 3.21. The summed E-state index contributed by atoms with van der Waals surface area (Å²) in [6.45, 7) is 2.04. The number of alkyl halides is 5. The highest BCUT2D eigenvalue weighted by molar-refractivity contribution is 7.17. The Morgan fingerprint density at radius 3 is 2.76 bits per heavy atom. The van der Waals surface area contributed by atoms with Crippen LogP contribution in [0.1, 0.15) is 48.7 Å². The van der Waals surface area contributed by atoms with E-state index in [1.807, 2.05) is 0 Å². The quantitative estimate of drug-likeness (QED) is 0.434. The summed E-state index contributed by atoms with van der Waals surface area (Å²) >= 11 is 1.28. The van der Waals surface area contributed by atoms with Crippen LogP contribution >= 0.6 is 11.3 Å². The van der Waals surface area contributed by atoms with Crippen molar-refractivity contribution in [2.45, 2.75) is 44.8 Å². The van der Waals surface area contributed by atoms with Gasteiger partial charge in [0.15, 0.2) is 5.69 Å². The van der Waals surface area contributed by atoms with Crippen molar-refractivity contribution in [3.8, 4) is 0 Å². The highest BCUT2D eigenvalue weighted by Crippen LogP contribution is 2.28. The summed E-state index contributed by atoms with van der Waals surface area (Å²) in [5, 5.41) is 14.6. The Bertz CT molecular complexity index is 1100. The van der Waals surface area contributed by atoms with Gasteiger partial charge in [-0.2, -0.15) is 18.3 Å². The Balaban J connectivity index is 0.000000588. The van der Waals surface area contributed by atoms with Crippen molar-refractivity contribution in [2.75, 3.05) is 23.7 Å². The molecule has 0 spiro atoms. The fourth-order valence-corrected chi connectivity index (χ4v) is 4.17. The van der Waals surface area contributed by atoms with Crippen LogP contribution < -0.4 is 16.0 Å². The lowest BCUT2D eigenvalue weighted by Gasteiger charge is -2.16. The van der Waals surface area contributed by atoms with Gasteiger partial charge in [0.25, 0.3) is 12.3 Å². The molecule has 14 heteroatoms. The minimum Gasteiger partial charge on any atom is -0.365 e. The predicted octanol–water partition coefficient (Wildman–Crippen LogP) is 4.74. The fourth-order valence-electron chi connectivity index (χ4n) is 3.35. The van der Waals surface area contributed by atoms with Gasteiger partial charge in [-0.1, -0.05) is 6.42 Å². The third-order valence-electron chi connectivity index (χ3n) is 4.74. The van der Waals surface area contributed by atoms with Crippen LogP contribution in [-0.4, -0.2) is 51.0 Å². The number of thiophene rings is 1. The number of nitrogens with zero attached hydrogens (tertiary/aromatic N) is 4. The van der Waals surface area contributed by atoms with E-state index in [0.29, 0.717) is 21.7 Å². The number of aryl methyl sites for hydroxylation is 1. The standard InChI is InChI=1S/C18H21F2N7OS.C2H3F3/c1-27-8-12(15(26-27)16(19)20)24-17(28)11-9-29-18-14(11)25-13(7-22-18)23-10-4-2-3-5-21-6-10;1-2(3,4)5/h7-10,16,21H,2-6H2,1H3,(H,23,25)(H,24,28);1H3. The van der Waals surface area contributed by atoms with Gasteiger partial charge >= 0.3 is 6.18 Å². The number of hydrogen-bond donors (Lipinski definition) is 3. The van der Waals surface area contributed by atoms with Crippen molar-refractivity contribution >= 4 is 39.1 Å². The molecule has 3 aromatic heterocycles. The Kier molecular flexibility index (Phi) is 8.36. The SMILES string of the molecule is CC(F)(F)F.Cn1cc(NC(=O)c2csc3ncc(NC4CCCCNC4)nc23)c(C(F)F)n1. The van der Waals surface area contributed by atoms with Gasteiger partial charge in [0.05, 0.1) is 17.4 Å². The van der Waals surface area contributed by atoms with Gasteiger partial charge in [-0.3, -0.25) is 9.48 Å². The van der Waals surface area contributed by atoms with Crippen LogP contribution in [0.15, 0.2) is 17.8 Å². The Morgan fingerprint density at radius 2 is 2.06 bits per heavy atom. The first-order valence-corrected chi connectivity index (χ1v) is 11.3. The summed E-state index contributed by atoms with van der Waals surface area (Å²) in [6, 6.07) is 0.240. The minimum absolute atomic E-state index is 0.0152. The van der Waals surface area contributed by atoms with Crippen LogP contribution in [0.25, 0.3) is 10.3 Å². The van der Waals surface area contributed by atoms with Gasteiger partial charge in [0, 0.05) is 38.1 Å². The number of aromatic nitrogens is 4. The molecule has 34 heavy (non-hydrogen) atoms. The topological polar surface area (TPSA) is 96.8 Å². The average molecular weight is 506 g/mol. The van der Waals surface area contributed by atoms with E-state index in [2.05, 4.69) is 31.0 Å². The third-order valence-corrected chi connectivity index (χ3v) is 5.61. The summed E-state index contributed by atoms with van der Waals surface area (Å²) in [5.41, 5.74) is 0.263. The van der Waals surface area contributed by atoms with Crippen LogP contribution in [-0.2, 0) is 7.05 Å². The predicted molar refractivity (Wildman–Crippen MR) is 119 cm³/mol. The fraction of sp³-hybridized carbons (Fsp3) is 0.500. The number of halogens is 5. The molecule has 1 atom stereocenters.